The predicted molar refractivity (Wildman–Crippen MR) is 178 cm³/mol. The lowest BCUT2D eigenvalue weighted by atomic mass is 9.92. The zero-order valence-corrected chi connectivity index (χ0v) is 27.9. The van der Waals surface area contributed by atoms with Crippen LogP contribution in [0.3, 0.4) is 0 Å². The van der Waals surface area contributed by atoms with Gasteiger partial charge in [-0.25, -0.2) is 4.79 Å². The Labute approximate surface area is 270 Å². The maximum Gasteiger partial charge on any atom is 0.410 e. The second-order valence-electron chi connectivity index (χ2n) is 13.4. The van der Waals surface area contributed by atoms with Gasteiger partial charge in [0.2, 0.25) is 0 Å². The number of carbonyl (C=O) groups is 2. The van der Waals surface area contributed by atoms with Crippen molar-refractivity contribution < 1.29 is 24.2 Å². The molecule has 1 N–H and O–H groups in total. The van der Waals surface area contributed by atoms with Crippen molar-refractivity contribution >= 4 is 12.1 Å². The summed E-state index contributed by atoms with van der Waals surface area (Å²) in [5, 5.41) is 10.6. The van der Waals surface area contributed by atoms with Crippen molar-refractivity contribution in [1.82, 2.24) is 14.8 Å². The molecular weight excluding hydrogens is 566 g/mol. The van der Waals surface area contributed by atoms with E-state index >= 15 is 0 Å². The SMILES string of the molecule is C/C(=C\C=C\[C@H](C)c1ccccn1)[C@H]1OC(=O)C[C@@H](O)CC[C@@H](C)[C@@H](OC(=O)N2CCN(C3CCCCCC3)CC2)/C=C\[C@@H]1C. The molecule has 1 aliphatic carbocycles. The second-order valence-corrected chi connectivity index (χ2v) is 13.4. The van der Waals surface area contributed by atoms with Crippen LogP contribution in [0.1, 0.15) is 97.1 Å². The summed E-state index contributed by atoms with van der Waals surface area (Å²) < 4.78 is 12.1. The highest BCUT2D eigenvalue weighted by atomic mass is 16.6. The van der Waals surface area contributed by atoms with Gasteiger partial charge in [-0.15, -0.1) is 0 Å². The topological polar surface area (TPSA) is 92.2 Å². The van der Waals surface area contributed by atoms with E-state index in [9.17, 15) is 14.7 Å². The van der Waals surface area contributed by atoms with Crippen molar-refractivity contribution in [3.8, 4) is 0 Å². The largest absolute Gasteiger partial charge is 0.457 e. The van der Waals surface area contributed by atoms with Gasteiger partial charge in [0.15, 0.2) is 0 Å². The maximum absolute atomic E-state index is 13.4. The van der Waals surface area contributed by atoms with E-state index in [1.807, 2.05) is 68.2 Å². The standard InChI is InChI=1S/C37H55N3O5/c1-27(33-16-9-10-21-38-33)12-11-13-29(3)36-30(4)18-20-34(28(2)17-19-32(41)26-35(42)45-36)44-37(43)40-24-22-39(23-25-40)31-14-7-5-6-8-15-31/h9-13,16,18,20-21,27-28,30-32,34,36,41H,5-8,14-15,17,19,22-26H2,1-4H3/b12-11+,20-18-,29-13+/t27-,28+,30-,32-,34-,36+/m0/s1. The molecule has 0 unspecified atom stereocenters. The van der Waals surface area contributed by atoms with E-state index in [0.717, 1.165) is 24.4 Å². The molecule has 1 saturated heterocycles. The van der Waals surface area contributed by atoms with Crippen LogP contribution in [0.2, 0.25) is 0 Å². The molecule has 3 heterocycles. The van der Waals surface area contributed by atoms with Crippen LogP contribution in [0.5, 0.6) is 0 Å². The highest BCUT2D eigenvalue weighted by Gasteiger charge is 2.31. The van der Waals surface area contributed by atoms with Crippen molar-refractivity contribution in [3.63, 3.8) is 0 Å². The van der Waals surface area contributed by atoms with Crippen LogP contribution < -0.4 is 0 Å². The number of rotatable bonds is 6. The summed E-state index contributed by atoms with van der Waals surface area (Å²) in [5.41, 5.74) is 1.88. The number of aliphatic hydroxyl groups excluding tert-OH is 1. The number of pyridine rings is 1. The predicted octanol–water partition coefficient (Wildman–Crippen LogP) is 6.82. The summed E-state index contributed by atoms with van der Waals surface area (Å²) in [6.45, 7) is 11.3. The number of cyclic esters (lactones) is 1. The third kappa shape index (κ3) is 10.8. The van der Waals surface area contributed by atoms with Crippen molar-refractivity contribution in [3.05, 3.63) is 66.0 Å². The van der Waals surface area contributed by atoms with Gasteiger partial charge >= 0.3 is 12.1 Å². The zero-order valence-electron chi connectivity index (χ0n) is 27.9. The minimum Gasteiger partial charge on any atom is -0.457 e. The molecule has 2 aliphatic heterocycles. The van der Waals surface area contributed by atoms with Gasteiger partial charge in [0.25, 0.3) is 0 Å². The van der Waals surface area contributed by atoms with Gasteiger partial charge < -0.3 is 19.5 Å². The van der Waals surface area contributed by atoms with E-state index < -0.39 is 24.3 Å². The number of aliphatic hydroxyl groups is 1. The number of hydrogen-bond donors (Lipinski definition) is 1. The van der Waals surface area contributed by atoms with Crippen LogP contribution in [0.4, 0.5) is 4.79 Å². The Morgan fingerprint density at radius 2 is 1.78 bits per heavy atom. The van der Waals surface area contributed by atoms with E-state index in [2.05, 4.69) is 22.9 Å². The smallest absolute Gasteiger partial charge is 0.410 e. The molecule has 3 aliphatic rings. The number of nitrogens with zero attached hydrogens (tertiary/aromatic N) is 3. The third-order valence-corrected chi connectivity index (χ3v) is 9.77. The Balaban J connectivity index is 1.42. The number of ether oxygens (including phenoxy) is 2. The Morgan fingerprint density at radius 3 is 2.47 bits per heavy atom. The molecule has 8 heteroatoms. The van der Waals surface area contributed by atoms with Crippen LogP contribution in [-0.4, -0.2) is 82.5 Å². The molecule has 45 heavy (non-hydrogen) atoms. The number of aromatic nitrogens is 1. The van der Waals surface area contributed by atoms with Crippen LogP contribution >= 0.6 is 0 Å². The first-order valence-corrected chi connectivity index (χ1v) is 17.2. The average molecular weight is 622 g/mol. The fraction of sp³-hybridized carbons (Fsp3) is 0.649. The van der Waals surface area contributed by atoms with Gasteiger partial charge in [0, 0.05) is 55.9 Å². The number of hydrogen-bond acceptors (Lipinski definition) is 7. The molecule has 0 spiro atoms. The molecule has 1 saturated carbocycles. The van der Waals surface area contributed by atoms with Gasteiger partial charge in [0.05, 0.1) is 12.5 Å². The van der Waals surface area contributed by atoms with Crippen molar-refractivity contribution in [2.75, 3.05) is 26.2 Å². The third-order valence-electron chi connectivity index (χ3n) is 9.77. The van der Waals surface area contributed by atoms with Crippen LogP contribution in [0, 0.1) is 11.8 Å². The molecule has 1 amide bonds. The summed E-state index contributed by atoms with van der Waals surface area (Å²) in [6, 6.07) is 6.53. The lowest BCUT2D eigenvalue weighted by Crippen LogP contribution is -2.52. The quantitative estimate of drug-likeness (QED) is 0.161. The normalized spacial score (nSPS) is 30.1. The molecule has 4 rings (SSSR count). The van der Waals surface area contributed by atoms with Gasteiger partial charge in [-0.1, -0.05) is 76.8 Å². The van der Waals surface area contributed by atoms with Crippen molar-refractivity contribution in [2.45, 2.75) is 116 Å². The number of esters is 1. The molecule has 6 atom stereocenters. The van der Waals surface area contributed by atoms with Gasteiger partial charge in [-0.3, -0.25) is 14.7 Å². The number of piperazine rings is 1. The van der Waals surface area contributed by atoms with Crippen LogP contribution in [0.25, 0.3) is 0 Å². The Morgan fingerprint density at radius 1 is 1.04 bits per heavy atom. The van der Waals surface area contributed by atoms with Gasteiger partial charge in [-0.05, 0) is 62.3 Å². The second kappa shape index (κ2) is 17.7. The van der Waals surface area contributed by atoms with Gasteiger partial charge in [0.1, 0.15) is 12.2 Å². The van der Waals surface area contributed by atoms with E-state index in [-0.39, 0.29) is 30.3 Å². The lowest BCUT2D eigenvalue weighted by Gasteiger charge is -2.39. The van der Waals surface area contributed by atoms with Crippen LogP contribution in [-0.2, 0) is 14.3 Å². The summed E-state index contributed by atoms with van der Waals surface area (Å²) >= 11 is 0. The summed E-state index contributed by atoms with van der Waals surface area (Å²) in [5.74, 6) is -0.454. The minimum absolute atomic E-state index is 0.0131. The molecule has 1 aromatic heterocycles. The van der Waals surface area contributed by atoms with E-state index in [1.165, 1.54) is 38.5 Å². The highest BCUT2D eigenvalue weighted by Crippen LogP contribution is 2.26. The first-order valence-electron chi connectivity index (χ1n) is 17.2. The average Bonchev–Trinajstić information content (AvgIpc) is 3.34. The number of allylic oxidation sites excluding steroid dienone is 3. The summed E-state index contributed by atoms with van der Waals surface area (Å²) in [6.07, 6.45) is 18.6. The monoisotopic (exact) mass is 621 g/mol. The molecule has 0 aromatic carbocycles. The fourth-order valence-corrected chi connectivity index (χ4v) is 6.75. The fourth-order valence-electron chi connectivity index (χ4n) is 6.75. The first kappa shape index (κ1) is 34.9. The van der Waals surface area contributed by atoms with E-state index in [4.69, 9.17) is 9.47 Å². The van der Waals surface area contributed by atoms with E-state index in [1.54, 1.807) is 6.20 Å². The maximum atomic E-state index is 13.4. The molecule has 2 fully saturated rings. The number of amides is 1. The molecule has 0 radical (unpaired) electrons. The Kier molecular flexibility index (Phi) is 13.7. The zero-order chi connectivity index (χ0) is 32.2. The lowest BCUT2D eigenvalue weighted by molar-refractivity contribution is -0.151. The minimum atomic E-state index is -0.809. The van der Waals surface area contributed by atoms with E-state index in [0.29, 0.717) is 32.0 Å². The van der Waals surface area contributed by atoms with Gasteiger partial charge in [-0.2, -0.15) is 0 Å². The first-order chi connectivity index (χ1) is 21.7. The Hall–Kier alpha value is -2.97. The summed E-state index contributed by atoms with van der Waals surface area (Å²) in [7, 11) is 0. The van der Waals surface area contributed by atoms with Crippen molar-refractivity contribution in [2.24, 2.45) is 11.8 Å². The number of carbonyl (C=O) groups excluding carboxylic acids is 2. The van der Waals surface area contributed by atoms with Crippen molar-refractivity contribution in [1.29, 1.82) is 0 Å². The molecular formula is C37H55N3O5. The van der Waals surface area contributed by atoms with Crippen LogP contribution in [0.15, 0.2) is 60.3 Å². The highest BCUT2D eigenvalue weighted by molar-refractivity contribution is 5.70. The molecule has 248 valence electrons. The Bertz CT molecular complexity index is 1150. The molecule has 1 aromatic rings. The molecule has 0 bridgehead atoms. The molecule has 8 nitrogen and oxygen atoms in total. The summed E-state index contributed by atoms with van der Waals surface area (Å²) in [4.78, 5) is 35.0.